The van der Waals surface area contributed by atoms with Crippen molar-refractivity contribution in [3.05, 3.63) is 47.5 Å². The number of allylic oxidation sites excluding steroid dienone is 2. The zero-order chi connectivity index (χ0) is 14.0. The molecule has 0 bridgehead atoms. The lowest BCUT2D eigenvalue weighted by Crippen LogP contribution is -2.12. The van der Waals surface area contributed by atoms with Gasteiger partial charge in [-0.2, -0.15) is 26.3 Å². The predicted octanol–water partition coefficient (Wildman–Crippen LogP) is 4.01. The Morgan fingerprint density at radius 1 is 1.00 bits per heavy atom. The number of halogens is 6. The third-order valence-corrected chi connectivity index (χ3v) is 1.92. The summed E-state index contributed by atoms with van der Waals surface area (Å²) in [5.41, 5.74) is -2.08. The van der Waals surface area contributed by atoms with Crippen molar-refractivity contribution in [1.29, 1.82) is 0 Å². The van der Waals surface area contributed by atoms with Crippen LogP contribution in [0, 0.1) is 0 Å². The van der Waals surface area contributed by atoms with Crippen molar-refractivity contribution < 1.29 is 31.1 Å². The summed E-state index contributed by atoms with van der Waals surface area (Å²) in [7, 11) is 0. The van der Waals surface area contributed by atoms with Crippen LogP contribution in [0.2, 0.25) is 0 Å². The quantitative estimate of drug-likeness (QED) is 0.450. The van der Waals surface area contributed by atoms with Crippen LogP contribution in [0.3, 0.4) is 0 Å². The Morgan fingerprint density at radius 3 is 2.06 bits per heavy atom. The number of hydrogen-bond acceptors (Lipinski definition) is 1. The molecule has 18 heavy (non-hydrogen) atoms. The van der Waals surface area contributed by atoms with Gasteiger partial charge in [-0.3, -0.25) is 4.79 Å². The summed E-state index contributed by atoms with van der Waals surface area (Å²) >= 11 is 0. The summed E-state index contributed by atoms with van der Waals surface area (Å²) in [6.07, 6.45) is -9.87. The number of rotatable bonds is 2. The molecule has 0 atom stereocenters. The molecule has 1 aromatic rings. The highest BCUT2D eigenvalue weighted by Crippen LogP contribution is 2.32. The molecule has 1 rings (SSSR count). The number of benzene rings is 1. The molecular weight excluding hydrogens is 262 g/mol. The van der Waals surface area contributed by atoms with Crippen LogP contribution in [0.5, 0.6) is 0 Å². The van der Waals surface area contributed by atoms with Crippen LogP contribution in [0.1, 0.15) is 15.9 Å². The van der Waals surface area contributed by atoms with Crippen LogP contribution >= 0.6 is 0 Å². The normalized spacial score (nSPS) is 13.0. The Morgan fingerprint density at radius 2 is 1.56 bits per heavy atom. The molecule has 1 nitrogen and oxygen atoms in total. The first-order chi connectivity index (χ1) is 8.11. The lowest BCUT2D eigenvalue weighted by Gasteiger charge is -2.10. The van der Waals surface area contributed by atoms with Gasteiger partial charge in [-0.1, -0.05) is 18.2 Å². The molecule has 0 spiro atoms. The second-order valence-electron chi connectivity index (χ2n) is 3.28. The molecular formula is C11H6F6O. The molecule has 0 fully saturated rings. The fourth-order valence-corrected chi connectivity index (χ4v) is 1.21. The van der Waals surface area contributed by atoms with Crippen molar-refractivity contribution in [2.75, 3.05) is 0 Å². The van der Waals surface area contributed by atoms with E-state index >= 15 is 0 Å². The van der Waals surface area contributed by atoms with E-state index in [2.05, 4.69) is 0 Å². The zero-order valence-electron chi connectivity index (χ0n) is 8.64. The minimum Gasteiger partial charge on any atom is -0.289 e. The fourth-order valence-electron chi connectivity index (χ4n) is 1.21. The second kappa shape index (κ2) is 4.83. The highest BCUT2D eigenvalue weighted by Gasteiger charge is 2.34. The van der Waals surface area contributed by atoms with Crippen LogP contribution in [0.25, 0.3) is 0 Å². The lowest BCUT2D eigenvalue weighted by atomic mass is 10.0. The monoisotopic (exact) mass is 268 g/mol. The van der Waals surface area contributed by atoms with E-state index < -0.39 is 35.3 Å². The van der Waals surface area contributed by atoms with Gasteiger partial charge >= 0.3 is 12.4 Å². The van der Waals surface area contributed by atoms with Gasteiger partial charge in [0.2, 0.25) is 0 Å². The van der Waals surface area contributed by atoms with E-state index in [4.69, 9.17) is 0 Å². The van der Waals surface area contributed by atoms with Crippen LogP contribution in [-0.4, -0.2) is 12.0 Å². The van der Waals surface area contributed by atoms with Gasteiger partial charge in [0.25, 0.3) is 0 Å². The number of hydrogen-bond donors (Lipinski definition) is 0. The molecule has 0 saturated heterocycles. The molecule has 0 radical (unpaired) electrons. The van der Waals surface area contributed by atoms with Crippen molar-refractivity contribution >= 4 is 5.78 Å². The van der Waals surface area contributed by atoms with E-state index in [-0.39, 0.29) is 6.08 Å². The molecule has 1 aromatic carbocycles. The molecule has 0 saturated carbocycles. The molecule has 0 aliphatic carbocycles. The maximum Gasteiger partial charge on any atom is 0.417 e. The molecule has 0 aliphatic rings. The van der Waals surface area contributed by atoms with Gasteiger partial charge in [-0.05, 0) is 12.1 Å². The first-order valence-corrected chi connectivity index (χ1v) is 4.58. The number of ketones is 1. The van der Waals surface area contributed by atoms with Crippen molar-refractivity contribution in [2.45, 2.75) is 12.4 Å². The minimum atomic E-state index is -4.79. The van der Waals surface area contributed by atoms with Crippen molar-refractivity contribution in [3.8, 4) is 0 Å². The smallest absolute Gasteiger partial charge is 0.289 e. The molecule has 0 aliphatic heterocycles. The summed E-state index contributed by atoms with van der Waals surface area (Å²) in [6, 6.07) is 3.65. The van der Waals surface area contributed by atoms with Crippen LogP contribution in [0.4, 0.5) is 26.3 Å². The molecule has 0 unspecified atom stereocenters. The third kappa shape index (κ3) is 3.90. The molecule has 7 heteroatoms. The summed E-state index contributed by atoms with van der Waals surface area (Å²) in [5.74, 6) is -1.35. The van der Waals surface area contributed by atoms with E-state index in [1.807, 2.05) is 0 Å². The highest BCUT2D eigenvalue weighted by atomic mass is 19.4. The number of carbonyl (C=O) groups excluding carboxylic acids is 1. The van der Waals surface area contributed by atoms with Gasteiger partial charge in [0, 0.05) is 11.6 Å². The fraction of sp³-hybridized carbons (Fsp3) is 0.182. The SMILES string of the molecule is O=C(/C=C/C(F)(F)F)c1ccccc1C(F)(F)F. The molecule has 0 aromatic heterocycles. The summed E-state index contributed by atoms with van der Waals surface area (Å²) < 4.78 is 72.9. The van der Waals surface area contributed by atoms with E-state index in [9.17, 15) is 31.1 Å². The lowest BCUT2D eigenvalue weighted by molar-refractivity contribution is -0.137. The molecule has 0 N–H and O–H groups in total. The van der Waals surface area contributed by atoms with Gasteiger partial charge in [0.15, 0.2) is 5.78 Å². The van der Waals surface area contributed by atoms with Gasteiger partial charge in [0.05, 0.1) is 5.56 Å². The molecule has 98 valence electrons. The minimum absolute atomic E-state index is 0.0740. The van der Waals surface area contributed by atoms with Crippen molar-refractivity contribution in [1.82, 2.24) is 0 Å². The average Bonchev–Trinajstić information content (AvgIpc) is 2.24. The third-order valence-electron chi connectivity index (χ3n) is 1.92. The highest BCUT2D eigenvalue weighted by molar-refractivity contribution is 6.05. The Balaban J connectivity index is 3.12. The Bertz CT molecular complexity index is 469. The summed E-state index contributed by atoms with van der Waals surface area (Å²) in [4.78, 5) is 11.3. The van der Waals surface area contributed by atoms with Gasteiger partial charge in [-0.25, -0.2) is 0 Å². The topological polar surface area (TPSA) is 17.1 Å². The standard InChI is InChI=1S/C11H6F6O/c12-10(13,14)6-5-9(18)7-3-1-2-4-8(7)11(15,16)17/h1-6H/b6-5+. The van der Waals surface area contributed by atoms with Crippen molar-refractivity contribution in [2.24, 2.45) is 0 Å². The van der Waals surface area contributed by atoms with Crippen LogP contribution < -0.4 is 0 Å². The maximum absolute atomic E-state index is 12.5. The molecule has 0 heterocycles. The number of alkyl halides is 6. The zero-order valence-corrected chi connectivity index (χ0v) is 8.64. The van der Waals surface area contributed by atoms with Crippen LogP contribution in [0.15, 0.2) is 36.4 Å². The van der Waals surface area contributed by atoms with E-state index in [1.165, 1.54) is 0 Å². The Labute approximate surface area is 97.7 Å². The maximum atomic E-state index is 12.5. The largest absolute Gasteiger partial charge is 0.417 e. The Kier molecular flexibility index (Phi) is 3.83. The average molecular weight is 268 g/mol. The van der Waals surface area contributed by atoms with E-state index in [0.29, 0.717) is 6.07 Å². The second-order valence-corrected chi connectivity index (χ2v) is 3.28. The van der Waals surface area contributed by atoms with E-state index in [1.54, 1.807) is 0 Å². The summed E-state index contributed by atoms with van der Waals surface area (Å²) in [5, 5.41) is 0. The predicted molar refractivity (Wildman–Crippen MR) is 51.0 cm³/mol. The molecule has 0 amide bonds. The van der Waals surface area contributed by atoms with Crippen molar-refractivity contribution in [3.63, 3.8) is 0 Å². The first kappa shape index (κ1) is 14.3. The van der Waals surface area contributed by atoms with Gasteiger partial charge in [-0.15, -0.1) is 0 Å². The first-order valence-electron chi connectivity index (χ1n) is 4.58. The summed E-state index contributed by atoms with van der Waals surface area (Å²) in [6.45, 7) is 0. The Hall–Kier alpha value is -1.79. The van der Waals surface area contributed by atoms with E-state index in [0.717, 1.165) is 18.2 Å². The van der Waals surface area contributed by atoms with Gasteiger partial charge < -0.3 is 0 Å². The van der Waals surface area contributed by atoms with Gasteiger partial charge in [0.1, 0.15) is 0 Å². The number of carbonyl (C=O) groups is 1. The van der Waals surface area contributed by atoms with Crippen LogP contribution in [-0.2, 0) is 6.18 Å².